The van der Waals surface area contributed by atoms with Gasteiger partial charge in [0.15, 0.2) is 0 Å². The molecule has 0 saturated carbocycles. The summed E-state index contributed by atoms with van der Waals surface area (Å²) < 4.78 is 4.49. The van der Waals surface area contributed by atoms with Crippen LogP contribution < -0.4 is 5.32 Å². The van der Waals surface area contributed by atoms with Gasteiger partial charge >= 0.3 is 12.1 Å². The molecular formula is C11H21NO4. The third-order valence-corrected chi connectivity index (χ3v) is 2.84. The zero-order valence-electron chi connectivity index (χ0n) is 10.5. The van der Waals surface area contributed by atoms with Gasteiger partial charge < -0.3 is 15.2 Å². The Kier molecular flexibility index (Phi) is 5.85. The SMILES string of the molecule is COC(=O)NC(C)C(C(C)C)C(C)C(=O)O. The van der Waals surface area contributed by atoms with Crippen molar-refractivity contribution in [2.24, 2.45) is 17.8 Å². The Morgan fingerprint density at radius 2 is 1.69 bits per heavy atom. The number of aliphatic carboxylic acids is 1. The summed E-state index contributed by atoms with van der Waals surface area (Å²) in [4.78, 5) is 22.0. The van der Waals surface area contributed by atoms with Crippen molar-refractivity contribution in [2.45, 2.75) is 33.7 Å². The van der Waals surface area contributed by atoms with Crippen LogP contribution in [0, 0.1) is 17.8 Å². The Morgan fingerprint density at radius 3 is 2.00 bits per heavy atom. The number of carboxylic acid groups (broad SMARTS) is 1. The lowest BCUT2D eigenvalue weighted by molar-refractivity contribution is -0.144. The molecule has 0 aromatic heterocycles. The molecule has 0 rings (SSSR count). The number of ether oxygens (including phenoxy) is 1. The fourth-order valence-corrected chi connectivity index (χ4v) is 2.09. The van der Waals surface area contributed by atoms with Crippen molar-refractivity contribution >= 4 is 12.1 Å². The second kappa shape index (κ2) is 6.35. The Morgan fingerprint density at radius 1 is 1.19 bits per heavy atom. The van der Waals surface area contributed by atoms with E-state index in [4.69, 9.17) is 5.11 Å². The molecule has 0 spiro atoms. The van der Waals surface area contributed by atoms with E-state index in [0.29, 0.717) is 0 Å². The van der Waals surface area contributed by atoms with Crippen molar-refractivity contribution in [1.29, 1.82) is 0 Å². The normalized spacial score (nSPS) is 16.4. The number of carbonyl (C=O) groups is 2. The van der Waals surface area contributed by atoms with Crippen molar-refractivity contribution in [1.82, 2.24) is 5.32 Å². The lowest BCUT2D eigenvalue weighted by Crippen LogP contribution is -2.44. The average Bonchev–Trinajstić information content (AvgIpc) is 2.16. The van der Waals surface area contributed by atoms with Crippen molar-refractivity contribution in [3.8, 4) is 0 Å². The number of hydrogen-bond donors (Lipinski definition) is 2. The summed E-state index contributed by atoms with van der Waals surface area (Å²) in [5.74, 6) is -1.32. The van der Waals surface area contributed by atoms with Gasteiger partial charge in [-0.2, -0.15) is 0 Å². The van der Waals surface area contributed by atoms with Gasteiger partial charge in [0.2, 0.25) is 0 Å². The smallest absolute Gasteiger partial charge is 0.407 e. The van der Waals surface area contributed by atoms with Crippen LogP contribution in [-0.2, 0) is 9.53 Å². The van der Waals surface area contributed by atoms with Gasteiger partial charge in [-0.1, -0.05) is 20.8 Å². The third kappa shape index (κ3) is 4.08. The predicted octanol–water partition coefficient (Wildman–Crippen LogP) is 1.72. The molecule has 0 bridgehead atoms. The number of carboxylic acids is 1. The Hall–Kier alpha value is -1.26. The molecule has 0 aromatic carbocycles. The molecule has 1 amide bonds. The monoisotopic (exact) mass is 231 g/mol. The topological polar surface area (TPSA) is 75.6 Å². The van der Waals surface area contributed by atoms with Gasteiger partial charge in [0.25, 0.3) is 0 Å². The first kappa shape index (κ1) is 14.7. The number of carbonyl (C=O) groups excluding carboxylic acids is 1. The van der Waals surface area contributed by atoms with E-state index in [1.165, 1.54) is 7.11 Å². The van der Waals surface area contributed by atoms with Crippen molar-refractivity contribution in [3.05, 3.63) is 0 Å². The highest BCUT2D eigenvalue weighted by Crippen LogP contribution is 2.24. The minimum atomic E-state index is -0.850. The zero-order valence-corrected chi connectivity index (χ0v) is 10.5. The fraction of sp³-hybridized carbons (Fsp3) is 0.818. The molecule has 5 heteroatoms. The number of amides is 1. The van der Waals surface area contributed by atoms with Crippen LogP contribution in [0.5, 0.6) is 0 Å². The van der Waals surface area contributed by atoms with E-state index in [-0.39, 0.29) is 17.9 Å². The molecule has 0 heterocycles. The summed E-state index contributed by atoms with van der Waals surface area (Å²) in [6.45, 7) is 7.34. The molecule has 0 fully saturated rings. The molecule has 0 saturated heterocycles. The molecule has 16 heavy (non-hydrogen) atoms. The van der Waals surface area contributed by atoms with Crippen LogP contribution in [0.1, 0.15) is 27.7 Å². The molecule has 5 nitrogen and oxygen atoms in total. The highest BCUT2D eigenvalue weighted by Gasteiger charge is 2.32. The summed E-state index contributed by atoms with van der Waals surface area (Å²) in [6.07, 6.45) is -0.532. The Bertz CT molecular complexity index is 252. The van der Waals surface area contributed by atoms with Crippen LogP contribution in [0.15, 0.2) is 0 Å². The number of alkyl carbamates (subject to hydrolysis) is 1. The second-order valence-electron chi connectivity index (χ2n) is 4.37. The largest absolute Gasteiger partial charge is 0.481 e. The minimum absolute atomic E-state index is 0.128. The van der Waals surface area contributed by atoms with Crippen LogP contribution in [0.3, 0.4) is 0 Å². The molecule has 0 radical (unpaired) electrons. The first-order chi connectivity index (χ1) is 7.31. The molecule has 94 valence electrons. The van der Waals surface area contributed by atoms with Crippen LogP contribution in [0.25, 0.3) is 0 Å². The quantitative estimate of drug-likeness (QED) is 0.755. The number of methoxy groups -OCH3 is 1. The van der Waals surface area contributed by atoms with Gasteiger partial charge in [0.05, 0.1) is 13.0 Å². The van der Waals surface area contributed by atoms with Crippen molar-refractivity contribution in [2.75, 3.05) is 7.11 Å². The van der Waals surface area contributed by atoms with Gasteiger partial charge in [0, 0.05) is 6.04 Å². The van der Waals surface area contributed by atoms with E-state index in [1.807, 2.05) is 13.8 Å². The highest BCUT2D eigenvalue weighted by atomic mass is 16.5. The Labute approximate surface area is 96.2 Å². The summed E-state index contributed by atoms with van der Waals surface area (Å²) in [7, 11) is 1.28. The van der Waals surface area contributed by atoms with E-state index in [1.54, 1.807) is 13.8 Å². The first-order valence-corrected chi connectivity index (χ1v) is 5.38. The summed E-state index contributed by atoms with van der Waals surface area (Å²) in [5.41, 5.74) is 0. The molecule has 0 aliphatic heterocycles. The molecule has 0 aromatic rings. The molecule has 3 atom stereocenters. The van der Waals surface area contributed by atoms with E-state index in [0.717, 1.165) is 0 Å². The van der Waals surface area contributed by atoms with Crippen molar-refractivity contribution in [3.63, 3.8) is 0 Å². The van der Waals surface area contributed by atoms with Gasteiger partial charge in [-0.3, -0.25) is 4.79 Å². The third-order valence-electron chi connectivity index (χ3n) is 2.84. The van der Waals surface area contributed by atoms with Gasteiger partial charge in [-0.25, -0.2) is 4.79 Å². The maximum Gasteiger partial charge on any atom is 0.407 e. The zero-order chi connectivity index (χ0) is 12.9. The molecule has 0 aliphatic rings. The maximum atomic E-state index is 11.1. The minimum Gasteiger partial charge on any atom is -0.481 e. The fourth-order valence-electron chi connectivity index (χ4n) is 2.09. The van der Waals surface area contributed by atoms with Crippen LogP contribution in [0.4, 0.5) is 4.79 Å². The standard InChI is InChI=1S/C11H21NO4/c1-6(2)9(7(3)10(13)14)8(4)12-11(15)16-5/h6-9H,1-5H3,(H,12,15)(H,13,14). The number of hydrogen-bond acceptors (Lipinski definition) is 3. The first-order valence-electron chi connectivity index (χ1n) is 5.38. The van der Waals surface area contributed by atoms with Gasteiger partial charge in [-0.05, 0) is 18.8 Å². The van der Waals surface area contributed by atoms with Crippen LogP contribution >= 0.6 is 0 Å². The average molecular weight is 231 g/mol. The lowest BCUT2D eigenvalue weighted by atomic mass is 9.79. The van der Waals surface area contributed by atoms with E-state index in [9.17, 15) is 9.59 Å². The van der Waals surface area contributed by atoms with Gasteiger partial charge in [-0.15, -0.1) is 0 Å². The van der Waals surface area contributed by atoms with Crippen LogP contribution in [-0.4, -0.2) is 30.3 Å². The molecule has 2 N–H and O–H groups in total. The predicted molar refractivity (Wildman–Crippen MR) is 60.1 cm³/mol. The van der Waals surface area contributed by atoms with Crippen LogP contribution in [0.2, 0.25) is 0 Å². The van der Waals surface area contributed by atoms with E-state index >= 15 is 0 Å². The van der Waals surface area contributed by atoms with E-state index < -0.39 is 18.0 Å². The highest BCUT2D eigenvalue weighted by molar-refractivity contribution is 5.70. The van der Waals surface area contributed by atoms with E-state index in [2.05, 4.69) is 10.1 Å². The molecular weight excluding hydrogens is 210 g/mol. The second-order valence-corrected chi connectivity index (χ2v) is 4.37. The summed E-state index contributed by atoms with van der Waals surface area (Å²) in [5, 5.41) is 11.6. The lowest BCUT2D eigenvalue weighted by Gasteiger charge is -2.30. The van der Waals surface area contributed by atoms with Gasteiger partial charge in [0.1, 0.15) is 0 Å². The number of nitrogens with one attached hydrogen (secondary N) is 1. The summed E-state index contributed by atoms with van der Waals surface area (Å²) in [6, 6.07) is -0.237. The Balaban J connectivity index is 4.65. The maximum absolute atomic E-state index is 11.1. The molecule has 3 unspecified atom stereocenters. The van der Waals surface area contributed by atoms with Crippen molar-refractivity contribution < 1.29 is 19.4 Å². The number of rotatable bonds is 5. The molecule has 0 aliphatic carbocycles. The summed E-state index contributed by atoms with van der Waals surface area (Å²) >= 11 is 0.